The molecule has 0 aliphatic heterocycles. The fourth-order valence-corrected chi connectivity index (χ4v) is 4.87. The SMILES string of the molecule is CC(C)C#[C][Hg][C]#CC(C)C. The predicted octanol–water partition coefficient (Wildman–Crippen LogP) is 2.30. The topological polar surface area (TPSA) is 0 Å². The maximum atomic E-state index is 3.24. The van der Waals surface area contributed by atoms with Crippen LogP contribution in [0.4, 0.5) is 0 Å². The van der Waals surface area contributed by atoms with Crippen LogP contribution in [0.3, 0.4) is 0 Å². The number of hydrogen-bond acceptors (Lipinski definition) is 0. The molecule has 0 heterocycles. The van der Waals surface area contributed by atoms with Crippen molar-refractivity contribution in [2.45, 2.75) is 27.7 Å². The maximum absolute atomic E-state index is 3.24. The second-order valence-corrected chi connectivity index (χ2v) is 7.25. The van der Waals surface area contributed by atoms with Gasteiger partial charge in [0, 0.05) is 0 Å². The molecule has 1 heteroatoms. The van der Waals surface area contributed by atoms with Gasteiger partial charge in [0.2, 0.25) is 0 Å². The van der Waals surface area contributed by atoms with Crippen LogP contribution in [0.1, 0.15) is 27.7 Å². The van der Waals surface area contributed by atoms with E-state index in [1.54, 1.807) is 0 Å². The molecule has 0 nitrogen and oxygen atoms in total. The second-order valence-electron chi connectivity index (χ2n) is 3.13. The van der Waals surface area contributed by atoms with Crippen molar-refractivity contribution in [3.05, 3.63) is 0 Å². The molecule has 0 N–H and O–H groups in total. The predicted molar refractivity (Wildman–Crippen MR) is 45.2 cm³/mol. The van der Waals surface area contributed by atoms with Gasteiger partial charge in [-0.3, -0.25) is 0 Å². The Morgan fingerprint density at radius 3 is 1.45 bits per heavy atom. The van der Waals surface area contributed by atoms with Gasteiger partial charge in [0.15, 0.2) is 0 Å². The van der Waals surface area contributed by atoms with Gasteiger partial charge in [-0.2, -0.15) is 0 Å². The van der Waals surface area contributed by atoms with E-state index < -0.39 is 24.6 Å². The zero-order chi connectivity index (χ0) is 8.69. The van der Waals surface area contributed by atoms with Crippen LogP contribution in [-0.4, -0.2) is 0 Å². The summed E-state index contributed by atoms with van der Waals surface area (Å²) in [5.41, 5.74) is 0. The Bertz CT molecular complexity index is 180. The molecule has 0 aliphatic rings. The third kappa shape index (κ3) is 10.1. The molecule has 0 aromatic heterocycles. The van der Waals surface area contributed by atoms with Crippen LogP contribution in [0.15, 0.2) is 0 Å². The molecular weight excluding hydrogens is 321 g/mol. The first-order chi connectivity index (χ1) is 5.13. The molecule has 0 bridgehead atoms. The molecule has 56 valence electrons. The van der Waals surface area contributed by atoms with Crippen LogP contribution in [0, 0.1) is 30.5 Å². The van der Waals surface area contributed by atoms with Crippen molar-refractivity contribution in [2.75, 3.05) is 0 Å². The van der Waals surface area contributed by atoms with Crippen molar-refractivity contribution in [3.8, 4) is 18.7 Å². The van der Waals surface area contributed by atoms with Crippen molar-refractivity contribution in [2.24, 2.45) is 11.8 Å². The first kappa shape index (κ1) is 11.1. The van der Waals surface area contributed by atoms with E-state index in [4.69, 9.17) is 0 Å². The fraction of sp³-hybridized carbons (Fsp3) is 0.600. The van der Waals surface area contributed by atoms with Crippen LogP contribution in [0.5, 0.6) is 0 Å². The zero-order valence-corrected chi connectivity index (χ0v) is 13.4. The zero-order valence-electron chi connectivity index (χ0n) is 7.86. The monoisotopic (exact) mass is 336 g/mol. The van der Waals surface area contributed by atoms with Crippen molar-refractivity contribution in [3.63, 3.8) is 0 Å². The van der Waals surface area contributed by atoms with E-state index in [0.29, 0.717) is 11.8 Å². The third-order valence-electron chi connectivity index (χ3n) is 0.958. The average molecular weight is 335 g/mol. The fourth-order valence-electron chi connectivity index (χ4n) is 0.555. The first-order valence-corrected chi connectivity index (χ1v) is 9.59. The Labute approximate surface area is 82.6 Å². The molecule has 0 rings (SSSR count). The van der Waals surface area contributed by atoms with Crippen LogP contribution in [0.25, 0.3) is 0 Å². The van der Waals surface area contributed by atoms with E-state index in [1.165, 1.54) is 0 Å². The first-order valence-electron chi connectivity index (χ1n) is 4.09. The Morgan fingerprint density at radius 1 is 0.818 bits per heavy atom. The van der Waals surface area contributed by atoms with Gasteiger partial charge in [-0.05, 0) is 0 Å². The van der Waals surface area contributed by atoms with Crippen molar-refractivity contribution in [1.82, 2.24) is 0 Å². The van der Waals surface area contributed by atoms with E-state index >= 15 is 0 Å². The van der Waals surface area contributed by atoms with Gasteiger partial charge in [-0.15, -0.1) is 0 Å². The number of hydrogen-bond donors (Lipinski definition) is 0. The van der Waals surface area contributed by atoms with E-state index in [0.717, 1.165) is 0 Å². The minimum absolute atomic E-state index is 0.524. The Kier molecular flexibility index (Phi) is 6.78. The minimum atomic E-state index is -1.07. The van der Waals surface area contributed by atoms with Gasteiger partial charge in [-0.1, -0.05) is 0 Å². The summed E-state index contributed by atoms with van der Waals surface area (Å²) in [4.78, 5) is 0. The second kappa shape index (κ2) is 6.75. The molecule has 0 saturated heterocycles. The van der Waals surface area contributed by atoms with Gasteiger partial charge in [0.05, 0.1) is 0 Å². The molecule has 0 saturated carbocycles. The molecule has 0 radical (unpaired) electrons. The molecule has 0 amide bonds. The summed E-state index contributed by atoms with van der Waals surface area (Å²) in [7, 11) is 0. The van der Waals surface area contributed by atoms with Crippen LogP contribution < -0.4 is 0 Å². The van der Waals surface area contributed by atoms with Gasteiger partial charge in [0.25, 0.3) is 0 Å². The van der Waals surface area contributed by atoms with Gasteiger partial charge < -0.3 is 0 Å². The summed E-state index contributed by atoms with van der Waals surface area (Å²) >= 11 is -1.07. The molecule has 0 aromatic carbocycles. The molecule has 0 atom stereocenters. The summed E-state index contributed by atoms with van der Waals surface area (Å²) < 4.78 is 6.48. The van der Waals surface area contributed by atoms with Crippen molar-refractivity contribution >= 4 is 0 Å². The molecular formula is C10H14Hg. The van der Waals surface area contributed by atoms with E-state index in [-0.39, 0.29) is 0 Å². The summed E-state index contributed by atoms with van der Waals surface area (Å²) in [6.07, 6.45) is 0. The standard InChI is InChI=1S/2C5H7.Hg/c2*1-4-5(2)3;/h2*5H,2-3H3;. The van der Waals surface area contributed by atoms with Crippen molar-refractivity contribution in [1.29, 1.82) is 0 Å². The molecule has 0 fully saturated rings. The molecule has 11 heavy (non-hydrogen) atoms. The quantitative estimate of drug-likeness (QED) is 0.471. The molecule has 0 aromatic rings. The molecule has 0 unspecified atom stereocenters. The normalized spacial score (nSPS) is 7.82. The average Bonchev–Trinajstić information content (AvgIpc) is 1.85. The molecule has 0 aliphatic carbocycles. The van der Waals surface area contributed by atoms with Crippen LogP contribution >= 0.6 is 0 Å². The van der Waals surface area contributed by atoms with Crippen LogP contribution in [0.2, 0.25) is 0 Å². The van der Waals surface area contributed by atoms with Gasteiger partial charge >= 0.3 is 82.8 Å². The molecule has 0 spiro atoms. The van der Waals surface area contributed by atoms with Gasteiger partial charge in [0.1, 0.15) is 0 Å². The Morgan fingerprint density at radius 2 is 1.18 bits per heavy atom. The summed E-state index contributed by atoms with van der Waals surface area (Å²) in [5, 5.41) is 0. The summed E-state index contributed by atoms with van der Waals surface area (Å²) in [5.74, 6) is 7.38. The van der Waals surface area contributed by atoms with E-state index in [1.807, 2.05) is 0 Å². The van der Waals surface area contributed by atoms with E-state index in [2.05, 4.69) is 46.4 Å². The summed E-state index contributed by atoms with van der Waals surface area (Å²) in [6, 6.07) is 0. The summed E-state index contributed by atoms with van der Waals surface area (Å²) in [6.45, 7) is 8.49. The Hall–Kier alpha value is 0.0551. The van der Waals surface area contributed by atoms with Crippen molar-refractivity contribution < 1.29 is 24.6 Å². The van der Waals surface area contributed by atoms with E-state index in [9.17, 15) is 0 Å². The number of rotatable bonds is 0. The van der Waals surface area contributed by atoms with Crippen LogP contribution in [-0.2, 0) is 24.6 Å². The Balaban J connectivity index is 3.61. The third-order valence-corrected chi connectivity index (χ3v) is 3.92. The van der Waals surface area contributed by atoms with Gasteiger partial charge in [-0.25, -0.2) is 0 Å².